The van der Waals surface area contributed by atoms with Gasteiger partial charge in [-0.2, -0.15) is 0 Å². The predicted octanol–water partition coefficient (Wildman–Crippen LogP) is 2.31. The third-order valence-corrected chi connectivity index (χ3v) is 3.46. The Morgan fingerprint density at radius 1 is 1.47 bits per heavy atom. The average molecular weight is 263 g/mol. The van der Waals surface area contributed by atoms with Crippen molar-refractivity contribution in [1.29, 1.82) is 0 Å². The van der Waals surface area contributed by atoms with Crippen LogP contribution in [0.1, 0.15) is 31.7 Å². The van der Waals surface area contributed by atoms with Gasteiger partial charge in [0, 0.05) is 31.7 Å². The van der Waals surface area contributed by atoms with Crippen LogP contribution in [0.5, 0.6) is 5.75 Å². The molecule has 1 aliphatic rings. The van der Waals surface area contributed by atoms with Crippen LogP contribution in [0.25, 0.3) is 0 Å². The van der Waals surface area contributed by atoms with Crippen LogP contribution in [-0.2, 0) is 16.1 Å². The fourth-order valence-electron chi connectivity index (χ4n) is 2.36. The number of nitrogens with zero attached hydrogens (tertiary/aromatic N) is 1. The van der Waals surface area contributed by atoms with E-state index in [0.29, 0.717) is 19.5 Å². The molecule has 1 aromatic rings. The minimum Gasteiger partial charge on any atom is -0.508 e. The summed E-state index contributed by atoms with van der Waals surface area (Å²) in [6.45, 7) is 3.70. The van der Waals surface area contributed by atoms with E-state index in [4.69, 9.17) is 4.74 Å². The van der Waals surface area contributed by atoms with Crippen molar-refractivity contribution in [1.82, 2.24) is 4.90 Å². The molecule has 2 rings (SSSR count). The maximum absolute atomic E-state index is 12.0. The van der Waals surface area contributed by atoms with E-state index in [1.54, 1.807) is 17.0 Å². The Kier molecular flexibility index (Phi) is 4.80. The van der Waals surface area contributed by atoms with E-state index in [0.717, 1.165) is 25.0 Å². The monoisotopic (exact) mass is 263 g/mol. The first-order chi connectivity index (χ1) is 9.20. The Morgan fingerprint density at radius 2 is 2.26 bits per heavy atom. The van der Waals surface area contributed by atoms with Gasteiger partial charge in [-0.1, -0.05) is 25.1 Å². The summed E-state index contributed by atoms with van der Waals surface area (Å²) in [4.78, 5) is 13.8. The van der Waals surface area contributed by atoms with E-state index in [2.05, 4.69) is 0 Å². The number of benzene rings is 1. The molecule has 0 spiro atoms. The van der Waals surface area contributed by atoms with Crippen LogP contribution in [0.15, 0.2) is 24.3 Å². The van der Waals surface area contributed by atoms with Crippen LogP contribution in [0, 0.1) is 0 Å². The highest BCUT2D eigenvalue weighted by Crippen LogP contribution is 2.20. The molecule has 1 fully saturated rings. The van der Waals surface area contributed by atoms with Gasteiger partial charge in [-0.15, -0.1) is 0 Å². The Morgan fingerprint density at radius 3 is 2.89 bits per heavy atom. The maximum Gasteiger partial charge on any atom is 0.222 e. The minimum atomic E-state index is 0.0961. The number of phenols is 1. The lowest BCUT2D eigenvalue weighted by molar-refractivity contribution is -0.133. The van der Waals surface area contributed by atoms with E-state index in [1.165, 1.54) is 0 Å². The summed E-state index contributed by atoms with van der Waals surface area (Å²) >= 11 is 0. The van der Waals surface area contributed by atoms with Gasteiger partial charge in [0.05, 0.1) is 6.10 Å². The lowest BCUT2D eigenvalue weighted by Gasteiger charge is -2.25. The van der Waals surface area contributed by atoms with Gasteiger partial charge < -0.3 is 14.7 Å². The average Bonchev–Trinajstić information content (AvgIpc) is 2.92. The van der Waals surface area contributed by atoms with E-state index in [9.17, 15) is 9.90 Å². The molecule has 19 heavy (non-hydrogen) atoms. The number of rotatable bonds is 5. The Hall–Kier alpha value is -1.55. The molecule has 1 aliphatic heterocycles. The van der Waals surface area contributed by atoms with Crippen molar-refractivity contribution < 1.29 is 14.6 Å². The van der Waals surface area contributed by atoms with Crippen molar-refractivity contribution in [2.75, 3.05) is 13.2 Å². The largest absolute Gasteiger partial charge is 0.508 e. The van der Waals surface area contributed by atoms with Gasteiger partial charge in [0.25, 0.3) is 0 Å². The van der Waals surface area contributed by atoms with E-state index in [1.807, 2.05) is 19.1 Å². The quantitative estimate of drug-likeness (QED) is 0.887. The van der Waals surface area contributed by atoms with Gasteiger partial charge in [0.15, 0.2) is 0 Å². The standard InChI is InChI=1S/C15H21NO3/c1-2-15(18)16(11-13-7-5-9-19-13)10-12-6-3-4-8-14(12)17/h3-4,6,8,13,17H,2,5,7,9-11H2,1H3. The third kappa shape index (κ3) is 3.70. The van der Waals surface area contributed by atoms with E-state index < -0.39 is 0 Å². The topological polar surface area (TPSA) is 49.8 Å². The maximum atomic E-state index is 12.0. The highest BCUT2D eigenvalue weighted by atomic mass is 16.5. The van der Waals surface area contributed by atoms with Gasteiger partial charge in [-0.25, -0.2) is 0 Å². The smallest absolute Gasteiger partial charge is 0.222 e. The summed E-state index contributed by atoms with van der Waals surface area (Å²) in [5, 5.41) is 9.81. The number of carbonyl (C=O) groups is 1. The van der Waals surface area contributed by atoms with Crippen molar-refractivity contribution in [3.63, 3.8) is 0 Å². The SMILES string of the molecule is CCC(=O)N(Cc1ccccc1O)CC1CCCO1. The number of carbonyl (C=O) groups excluding carboxylic acids is 1. The van der Waals surface area contributed by atoms with Gasteiger partial charge in [-0.05, 0) is 18.9 Å². The normalized spacial score (nSPS) is 18.5. The molecule has 0 bridgehead atoms. The Balaban J connectivity index is 2.05. The second-order valence-electron chi connectivity index (χ2n) is 4.89. The summed E-state index contributed by atoms with van der Waals surface area (Å²) in [5.41, 5.74) is 0.780. The summed E-state index contributed by atoms with van der Waals surface area (Å²) in [6.07, 6.45) is 2.69. The van der Waals surface area contributed by atoms with Crippen LogP contribution >= 0.6 is 0 Å². The van der Waals surface area contributed by atoms with Crippen molar-refractivity contribution in [3.8, 4) is 5.75 Å². The first-order valence-electron chi connectivity index (χ1n) is 6.87. The van der Waals surface area contributed by atoms with Crippen molar-refractivity contribution in [2.24, 2.45) is 0 Å². The van der Waals surface area contributed by atoms with Crippen LogP contribution in [0.2, 0.25) is 0 Å². The molecular formula is C15H21NO3. The van der Waals surface area contributed by atoms with Gasteiger partial charge in [0.1, 0.15) is 5.75 Å². The lowest BCUT2D eigenvalue weighted by Crippen LogP contribution is -2.36. The van der Waals surface area contributed by atoms with Gasteiger partial charge in [-0.3, -0.25) is 4.79 Å². The lowest BCUT2D eigenvalue weighted by atomic mass is 10.1. The zero-order chi connectivity index (χ0) is 13.7. The van der Waals surface area contributed by atoms with Gasteiger partial charge in [0.2, 0.25) is 5.91 Å². The molecule has 4 heteroatoms. The second-order valence-corrected chi connectivity index (χ2v) is 4.89. The molecule has 0 aromatic heterocycles. The molecule has 0 aliphatic carbocycles. The van der Waals surface area contributed by atoms with Crippen LogP contribution in [0.4, 0.5) is 0 Å². The number of ether oxygens (including phenoxy) is 1. The molecule has 0 saturated carbocycles. The van der Waals surface area contributed by atoms with Crippen molar-refractivity contribution >= 4 is 5.91 Å². The molecule has 1 aromatic carbocycles. The van der Waals surface area contributed by atoms with Crippen LogP contribution in [0.3, 0.4) is 0 Å². The van der Waals surface area contributed by atoms with Crippen LogP contribution < -0.4 is 0 Å². The van der Waals surface area contributed by atoms with Crippen LogP contribution in [-0.4, -0.2) is 35.2 Å². The number of para-hydroxylation sites is 1. The Labute approximate surface area is 114 Å². The van der Waals surface area contributed by atoms with E-state index >= 15 is 0 Å². The zero-order valence-electron chi connectivity index (χ0n) is 11.3. The van der Waals surface area contributed by atoms with Gasteiger partial charge >= 0.3 is 0 Å². The molecule has 1 amide bonds. The molecule has 1 heterocycles. The summed E-state index contributed by atoms with van der Waals surface area (Å²) < 4.78 is 5.59. The number of aromatic hydroxyl groups is 1. The second kappa shape index (κ2) is 6.57. The molecule has 0 radical (unpaired) electrons. The predicted molar refractivity (Wildman–Crippen MR) is 72.8 cm³/mol. The molecule has 1 N–H and O–H groups in total. The fourth-order valence-corrected chi connectivity index (χ4v) is 2.36. The zero-order valence-corrected chi connectivity index (χ0v) is 11.3. The number of hydrogen-bond donors (Lipinski definition) is 1. The fraction of sp³-hybridized carbons (Fsp3) is 0.533. The third-order valence-electron chi connectivity index (χ3n) is 3.46. The molecular weight excluding hydrogens is 242 g/mol. The minimum absolute atomic E-state index is 0.0961. The number of hydrogen-bond acceptors (Lipinski definition) is 3. The molecule has 1 atom stereocenters. The first-order valence-corrected chi connectivity index (χ1v) is 6.87. The summed E-state index contributed by atoms with van der Waals surface area (Å²) in [7, 11) is 0. The van der Waals surface area contributed by atoms with Crippen molar-refractivity contribution in [3.05, 3.63) is 29.8 Å². The first kappa shape index (κ1) is 13.9. The highest BCUT2D eigenvalue weighted by Gasteiger charge is 2.22. The molecule has 1 unspecified atom stereocenters. The highest BCUT2D eigenvalue weighted by molar-refractivity contribution is 5.76. The Bertz CT molecular complexity index is 427. The van der Waals surface area contributed by atoms with Crippen molar-refractivity contribution in [2.45, 2.75) is 38.8 Å². The summed E-state index contributed by atoms with van der Waals surface area (Å²) in [5.74, 6) is 0.336. The summed E-state index contributed by atoms with van der Waals surface area (Å²) in [6, 6.07) is 7.15. The molecule has 104 valence electrons. The number of amides is 1. The molecule has 4 nitrogen and oxygen atoms in total. The number of phenolic OH excluding ortho intramolecular Hbond substituents is 1. The van der Waals surface area contributed by atoms with E-state index in [-0.39, 0.29) is 17.8 Å². The molecule has 1 saturated heterocycles.